The third kappa shape index (κ3) is 4.72. The number of nitrogens with zero attached hydrogens (tertiary/aromatic N) is 1. The van der Waals surface area contributed by atoms with E-state index in [0.29, 0.717) is 6.61 Å². The van der Waals surface area contributed by atoms with Crippen molar-refractivity contribution in [1.82, 2.24) is 4.90 Å². The fourth-order valence-corrected chi connectivity index (χ4v) is 4.59. The van der Waals surface area contributed by atoms with E-state index in [0.717, 1.165) is 31.2 Å². The fraction of sp³-hybridized carbons (Fsp3) is 0.423. The van der Waals surface area contributed by atoms with Crippen molar-refractivity contribution in [2.45, 2.75) is 70.6 Å². The minimum atomic E-state index is -0.172. The van der Waals surface area contributed by atoms with E-state index in [1.165, 1.54) is 36.0 Å². The number of aryl methyl sites for hydroxylation is 1. The molecule has 0 radical (unpaired) electrons. The Balaban J connectivity index is 1.44. The summed E-state index contributed by atoms with van der Waals surface area (Å²) in [5, 5.41) is 0. The average molecular weight is 390 g/mol. The van der Waals surface area contributed by atoms with E-state index in [4.69, 9.17) is 4.74 Å². The summed E-state index contributed by atoms with van der Waals surface area (Å²) in [6.07, 6.45) is 9.94. The Morgan fingerprint density at radius 2 is 1.83 bits per heavy atom. The van der Waals surface area contributed by atoms with E-state index in [1.54, 1.807) is 0 Å². The van der Waals surface area contributed by atoms with Crippen LogP contribution in [0.4, 0.5) is 4.79 Å². The number of rotatable bonds is 6. The highest BCUT2D eigenvalue weighted by molar-refractivity contribution is 5.74. The van der Waals surface area contributed by atoms with Crippen LogP contribution in [0.1, 0.15) is 62.1 Å². The SMILES string of the molecule is CCCCc1ccc(C2=CC3CCCC(C2)N3C(=O)OCc2ccccc2)cc1. The lowest BCUT2D eigenvalue weighted by molar-refractivity contribution is 0.0510. The first kappa shape index (κ1) is 19.8. The summed E-state index contributed by atoms with van der Waals surface area (Å²) < 4.78 is 5.66. The van der Waals surface area contributed by atoms with Crippen LogP contribution >= 0.6 is 0 Å². The van der Waals surface area contributed by atoms with Gasteiger partial charge in [0.2, 0.25) is 0 Å². The second-order valence-corrected chi connectivity index (χ2v) is 8.30. The number of piperidine rings is 1. The number of hydrogen-bond acceptors (Lipinski definition) is 2. The standard InChI is InChI=1S/C26H31NO2/c1-2-3-8-20-13-15-22(16-14-20)23-17-24-11-7-12-25(18-23)27(24)26(28)29-19-21-9-5-4-6-10-21/h4-6,9-10,13-17,24-25H,2-3,7-8,11-12,18-19H2,1H3. The second kappa shape index (κ2) is 9.30. The van der Waals surface area contributed by atoms with Crippen LogP contribution in [-0.2, 0) is 17.8 Å². The molecule has 0 aliphatic carbocycles. The number of carbonyl (C=O) groups excluding carboxylic acids is 1. The lowest BCUT2D eigenvalue weighted by Crippen LogP contribution is -2.51. The molecule has 1 fully saturated rings. The topological polar surface area (TPSA) is 29.5 Å². The van der Waals surface area contributed by atoms with Gasteiger partial charge in [-0.15, -0.1) is 0 Å². The average Bonchev–Trinajstić information content (AvgIpc) is 2.76. The van der Waals surface area contributed by atoms with E-state index in [1.807, 2.05) is 35.2 Å². The monoisotopic (exact) mass is 389 g/mol. The van der Waals surface area contributed by atoms with Gasteiger partial charge in [-0.3, -0.25) is 4.90 Å². The Kier molecular flexibility index (Phi) is 6.33. The van der Waals surface area contributed by atoms with Crippen LogP contribution in [-0.4, -0.2) is 23.1 Å². The summed E-state index contributed by atoms with van der Waals surface area (Å²) in [4.78, 5) is 14.8. The second-order valence-electron chi connectivity index (χ2n) is 8.30. The van der Waals surface area contributed by atoms with Crippen molar-refractivity contribution < 1.29 is 9.53 Å². The molecule has 2 aliphatic rings. The summed E-state index contributed by atoms with van der Waals surface area (Å²) in [5.41, 5.74) is 5.13. The zero-order valence-electron chi connectivity index (χ0n) is 17.3. The molecule has 0 spiro atoms. The van der Waals surface area contributed by atoms with Crippen molar-refractivity contribution in [2.75, 3.05) is 0 Å². The van der Waals surface area contributed by atoms with Crippen LogP contribution in [0.2, 0.25) is 0 Å². The summed E-state index contributed by atoms with van der Waals surface area (Å²) in [5.74, 6) is 0. The highest BCUT2D eigenvalue weighted by atomic mass is 16.6. The largest absolute Gasteiger partial charge is 0.445 e. The van der Waals surface area contributed by atoms with Crippen LogP contribution in [0.3, 0.4) is 0 Å². The number of amides is 1. The number of unbranched alkanes of at least 4 members (excludes halogenated alkanes) is 1. The number of hydrogen-bond donors (Lipinski definition) is 0. The third-order valence-corrected chi connectivity index (χ3v) is 6.20. The minimum absolute atomic E-state index is 0.153. The van der Waals surface area contributed by atoms with Gasteiger partial charge in [0.1, 0.15) is 6.61 Å². The lowest BCUT2D eigenvalue weighted by atomic mass is 9.83. The molecule has 2 atom stereocenters. The molecule has 3 heteroatoms. The summed E-state index contributed by atoms with van der Waals surface area (Å²) in [6.45, 7) is 2.57. The molecule has 2 heterocycles. The number of carbonyl (C=O) groups is 1. The van der Waals surface area contributed by atoms with Gasteiger partial charge in [0, 0.05) is 6.04 Å². The molecule has 2 bridgehead atoms. The number of fused-ring (bicyclic) bond motifs is 2. The van der Waals surface area contributed by atoms with Gasteiger partial charge in [-0.1, -0.05) is 74.0 Å². The van der Waals surface area contributed by atoms with Gasteiger partial charge in [0.05, 0.1) is 6.04 Å². The van der Waals surface area contributed by atoms with Crippen molar-refractivity contribution >= 4 is 11.7 Å². The van der Waals surface area contributed by atoms with Crippen molar-refractivity contribution in [1.29, 1.82) is 0 Å². The maximum Gasteiger partial charge on any atom is 0.410 e. The Morgan fingerprint density at radius 3 is 2.55 bits per heavy atom. The maximum absolute atomic E-state index is 12.8. The summed E-state index contributed by atoms with van der Waals surface area (Å²) >= 11 is 0. The molecule has 1 saturated heterocycles. The van der Waals surface area contributed by atoms with Crippen molar-refractivity contribution in [2.24, 2.45) is 0 Å². The molecule has 2 aromatic rings. The molecular weight excluding hydrogens is 358 g/mol. The van der Waals surface area contributed by atoms with Crippen LogP contribution < -0.4 is 0 Å². The predicted molar refractivity (Wildman–Crippen MR) is 118 cm³/mol. The number of benzene rings is 2. The van der Waals surface area contributed by atoms with Crippen molar-refractivity contribution in [3.05, 3.63) is 77.4 Å². The zero-order valence-corrected chi connectivity index (χ0v) is 17.3. The van der Waals surface area contributed by atoms with Crippen LogP contribution in [0.25, 0.3) is 5.57 Å². The van der Waals surface area contributed by atoms with E-state index >= 15 is 0 Å². The van der Waals surface area contributed by atoms with Crippen LogP contribution in [0.5, 0.6) is 0 Å². The molecule has 1 amide bonds. The third-order valence-electron chi connectivity index (χ3n) is 6.20. The first-order valence-electron chi connectivity index (χ1n) is 11.0. The van der Waals surface area contributed by atoms with E-state index in [9.17, 15) is 4.79 Å². The molecular formula is C26H31NO2. The zero-order chi connectivity index (χ0) is 20.1. The molecule has 0 aromatic heterocycles. The first-order chi connectivity index (χ1) is 14.2. The summed E-state index contributed by atoms with van der Waals surface area (Å²) in [7, 11) is 0. The predicted octanol–water partition coefficient (Wildman–Crippen LogP) is 6.38. The van der Waals surface area contributed by atoms with Crippen molar-refractivity contribution in [3.63, 3.8) is 0 Å². The van der Waals surface area contributed by atoms with Gasteiger partial charge < -0.3 is 4.74 Å². The molecule has 2 unspecified atom stereocenters. The van der Waals surface area contributed by atoms with E-state index < -0.39 is 0 Å². The summed E-state index contributed by atoms with van der Waals surface area (Å²) in [6, 6.07) is 19.4. The minimum Gasteiger partial charge on any atom is -0.445 e. The quantitative estimate of drug-likeness (QED) is 0.574. The van der Waals surface area contributed by atoms with Gasteiger partial charge in [-0.05, 0) is 60.8 Å². The maximum atomic E-state index is 12.8. The molecule has 3 nitrogen and oxygen atoms in total. The van der Waals surface area contributed by atoms with Gasteiger partial charge >= 0.3 is 6.09 Å². The van der Waals surface area contributed by atoms with Gasteiger partial charge in [-0.25, -0.2) is 4.79 Å². The van der Waals surface area contributed by atoms with Gasteiger partial charge in [-0.2, -0.15) is 0 Å². The van der Waals surface area contributed by atoms with E-state index in [2.05, 4.69) is 37.3 Å². The first-order valence-corrected chi connectivity index (χ1v) is 11.0. The van der Waals surface area contributed by atoms with Gasteiger partial charge in [0.15, 0.2) is 0 Å². The number of ether oxygens (including phenoxy) is 1. The van der Waals surface area contributed by atoms with E-state index in [-0.39, 0.29) is 18.2 Å². The normalized spacial score (nSPS) is 20.9. The fourth-order valence-electron chi connectivity index (χ4n) is 4.59. The molecule has 152 valence electrons. The van der Waals surface area contributed by atoms with Crippen LogP contribution in [0.15, 0.2) is 60.7 Å². The molecule has 0 saturated carbocycles. The van der Waals surface area contributed by atoms with Crippen LogP contribution in [0, 0.1) is 0 Å². The molecule has 4 rings (SSSR count). The highest BCUT2D eigenvalue weighted by Crippen LogP contribution is 2.37. The Bertz CT molecular complexity index is 841. The van der Waals surface area contributed by atoms with Crippen molar-refractivity contribution in [3.8, 4) is 0 Å². The molecule has 2 aliphatic heterocycles. The Hall–Kier alpha value is -2.55. The lowest BCUT2D eigenvalue weighted by Gasteiger charge is -2.44. The highest BCUT2D eigenvalue weighted by Gasteiger charge is 2.38. The molecule has 29 heavy (non-hydrogen) atoms. The molecule has 2 aromatic carbocycles. The molecule has 0 N–H and O–H groups in total. The smallest absolute Gasteiger partial charge is 0.410 e. The Labute approximate surface area is 174 Å². The van der Waals surface area contributed by atoms with Gasteiger partial charge in [0.25, 0.3) is 0 Å². The Morgan fingerprint density at radius 1 is 1.03 bits per heavy atom.